The van der Waals surface area contributed by atoms with Crippen molar-refractivity contribution in [3.63, 3.8) is 0 Å². The van der Waals surface area contributed by atoms with Gasteiger partial charge in [0, 0.05) is 23.9 Å². The molecule has 0 aromatic carbocycles. The summed E-state index contributed by atoms with van der Waals surface area (Å²) in [5, 5.41) is 0. The van der Waals surface area contributed by atoms with Crippen LogP contribution in [0.1, 0.15) is 52.4 Å². The van der Waals surface area contributed by atoms with Crippen LogP contribution in [0.25, 0.3) is 0 Å². The zero-order chi connectivity index (χ0) is 14.9. The Balaban J connectivity index is 1.66. The molecule has 3 nitrogen and oxygen atoms in total. The Morgan fingerprint density at radius 2 is 2.05 bits per heavy atom. The van der Waals surface area contributed by atoms with Gasteiger partial charge in [0.25, 0.3) is 0 Å². The molecule has 0 amide bonds. The van der Waals surface area contributed by atoms with Crippen LogP contribution in [0.3, 0.4) is 0 Å². The number of rotatable bonds is 3. The molecule has 122 valence electrons. The number of nitrogens with zero attached hydrogens (tertiary/aromatic N) is 1. The van der Waals surface area contributed by atoms with Crippen LogP contribution in [0, 0.1) is 5.92 Å². The van der Waals surface area contributed by atoms with Gasteiger partial charge >= 0.3 is 0 Å². The van der Waals surface area contributed by atoms with Crippen molar-refractivity contribution in [3.8, 4) is 0 Å². The first-order chi connectivity index (χ1) is 10.0. The molecule has 0 radical (unpaired) electrons. The minimum Gasteiger partial charge on any atom is -0.374 e. The van der Waals surface area contributed by atoms with Gasteiger partial charge in [-0.15, -0.1) is 0 Å². The summed E-state index contributed by atoms with van der Waals surface area (Å²) < 4.78 is 6.17. The normalized spacial score (nSPS) is 37.0. The molecule has 21 heavy (non-hydrogen) atoms. The zero-order valence-electron chi connectivity index (χ0n) is 13.8. The molecule has 3 saturated heterocycles. The first kappa shape index (κ1) is 16.1. The number of nitrogens with two attached hydrogens (primary N) is 1. The highest BCUT2D eigenvalue weighted by Gasteiger charge is 2.46. The standard InChI is InChI=1S/C17H32N2OS/c1-16(2,19-8-4-3-5-9-19)15(18)14-6-10-20-17(12-14)7-11-21-13-17/h14-15H,3-13,18H2,1-2H3. The van der Waals surface area contributed by atoms with E-state index in [1.165, 1.54) is 56.7 Å². The number of thioether (sulfide) groups is 1. The summed E-state index contributed by atoms with van der Waals surface area (Å²) in [6, 6.07) is 0.266. The fraction of sp³-hybridized carbons (Fsp3) is 1.00. The minimum absolute atomic E-state index is 0.120. The van der Waals surface area contributed by atoms with E-state index in [0.29, 0.717) is 5.92 Å². The molecule has 0 bridgehead atoms. The first-order valence-electron chi connectivity index (χ1n) is 8.76. The van der Waals surface area contributed by atoms with Crippen molar-refractivity contribution >= 4 is 11.8 Å². The van der Waals surface area contributed by atoms with Gasteiger partial charge in [0.05, 0.1) is 5.60 Å². The Labute approximate surface area is 134 Å². The fourth-order valence-corrected chi connectivity index (χ4v) is 5.87. The van der Waals surface area contributed by atoms with E-state index in [4.69, 9.17) is 10.5 Å². The van der Waals surface area contributed by atoms with Crippen LogP contribution < -0.4 is 5.73 Å². The monoisotopic (exact) mass is 312 g/mol. The van der Waals surface area contributed by atoms with E-state index >= 15 is 0 Å². The number of hydrogen-bond acceptors (Lipinski definition) is 4. The predicted molar refractivity (Wildman–Crippen MR) is 90.8 cm³/mol. The van der Waals surface area contributed by atoms with E-state index in [2.05, 4.69) is 30.5 Å². The third kappa shape index (κ3) is 3.29. The average molecular weight is 313 g/mol. The Hall–Kier alpha value is 0.230. The highest BCUT2D eigenvalue weighted by atomic mass is 32.2. The van der Waals surface area contributed by atoms with Crippen molar-refractivity contribution in [3.05, 3.63) is 0 Å². The summed E-state index contributed by atoms with van der Waals surface area (Å²) in [5.41, 5.74) is 7.08. The molecule has 3 heterocycles. The van der Waals surface area contributed by atoms with Crippen molar-refractivity contribution < 1.29 is 4.74 Å². The van der Waals surface area contributed by atoms with Crippen LogP contribution in [0.15, 0.2) is 0 Å². The lowest BCUT2D eigenvalue weighted by atomic mass is 9.74. The van der Waals surface area contributed by atoms with Crippen LogP contribution in [-0.2, 0) is 4.74 Å². The lowest BCUT2D eigenvalue weighted by Crippen LogP contribution is -2.61. The van der Waals surface area contributed by atoms with Crippen molar-refractivity contribution in [2.75, 3.05) is 31.2 Å². The highest BCUT2D eigenvalue weighted by molar-refractivity contribution is 7.99. The molecule has 4 heteroatoms. The van der Waals surface area contributed by atoms with Crippen molar-refractivity contribution in [1.29, 1.82) is 0 Å². The molecule has 0 aliphatic carbocycles. The topological polar surface area (TPSA) is 38.5 Å². The molecule has 0 aromatic heterocycles. The van der Waals surface area contributed by atoms with E-state index in [0.717, 1.165) is 13.0 Å². The summed E-state index contributed by atoms with van der Waals surface area (Å²) in [6.07, 6.45) is 7.61. The van der Waals surface area contributed by atoms with Crippen molar-refractivity contribution in [2.24, 2.45) is 11.7 Å². The summed E-state index contributed by atoms with van der Waals surface area (Å²) in [6.45, 7) is 8.11. The average Bonchev–Trinajstić information content (AvgIpc) is 2.95. The Morgan fingerprint density at radius 1 is 1.29 bits per heavy atom. The molecule has 0 saturated carbocycles. The number of hydrogen-bond donors (Lipinski definition) is 1. The minimum atomic E-state index is 0.120. The molecule has 3 aliphatic heterocycles. The SMILES string of the molecule is CC(C)(C(N)C1CCOC2(CCSC2)C1)N1CCCCC1. The molecule has 1 spiro atoms. The second kappa shape index (κ2) is 6.38. The molecular formula is C17H32N2OS. The number of piperidine rings is 1. The van der Waals surface area contributed by atoms with Gasteiger partial charge < -0.3 is 10.5 Å². The largest absolute Gasteiger partial charge is 0.374 e. The van der Waals surface area contributed by atoms with Gasteiger partial charge in [0.15, 0.2) is 0 Å². The van der Waals surface area contributed by atoms with Gasteiger partial charge in [0.2, 0.25) is 0 Å². The summed E-state index contributed by atoms with van der Waals surface area (Å²) in [7, 11) is 0. The molecule has 3 unspecified atom stereocenters. The van der Waals surface area contributed by atoms with Crippen LogP contribution in [0.5, 0.6) is 0 Å². The number of ether oxygens (including phenoxy) is 1. The highest BCUT2D eigenvalue weighted by Crippen LogP contribution is 2.42. The predicted octanol–water partition coefficient (Wildman–Crippen LogP) is 2.88. The third-order valence-electron chi connectivity index (χ3n) is 6.09. The van der Waals surface area contributed by atoms with Gasteiger partial charge in [0.1, 0.15) is 0 Å². The van der Waals surface area contributed by atoms with Gasteiger partial charge in [-0.05, 0) is 70.7 Å². The molecule has 0 aromatic rings. The molecule has 3 fully saturated rings. The maximum absolute atomic E-state index is 6.80. The van der Waals surface area contributed by atoms with Crippen molar-refractivity contribution in [2.45, 2.75) is 69.6 Å². The lowest BCUT2D eigenvalue weighted by molar-refractivity contribution is -0.0928. The summed E-state index contributed by atoms with van der Waals surface area (Å²) in [4.78, 5) is 2.65. The second-order valence-corrected chi connectivity index (χ2v) is 8.92. The van der Waals surface area contributed by atoms with Gasteiger partial charge in [-0.1, -0.05) is 6.42 Å². The molecule has 3 atom stereocenters. The Morgan fingerprint density at radius 3 is 2.71 bits per heavy atom. The van der Waals surface area contributed by atoms with E-state index < -0.39 is 0 Å². The van der Waals surface area contributed by atoms with Crippen LogP contribution in [-0.4, -0.2) is 53.3 Å². The summed E-state index contributed by atoms with van der Waals surface area (Å²) in [5.74, 6) is 3.06. The fourth-order valence-electron chi connectivity index (χ4n) is 4.49. The van der Waals surface area contributed by atoms with E-state index in [1.54, 1.807) is 0 Å². The smallest absolute Gasteiger partial charge is 0.0783 e. The van der Waals surface area contributed by atoms with E-state index in [9.17, 15) is 0 Å². The van der Waals surface area contributed by atoms with Gasteiger partial charge in [-0.3, -0.25) is 4.90 Å². The summed E-state index contributed by atoms with van der Waals surface area (Å²) >= 11 is 2.05. The van der Waals surface area contributed by atoms with Crippen molar-refractivity contribution in [1.82, 2.24) is 4.90 Å². The molecular weight excluding hydrogens is 280 g/mol. The lowest BCUT2D eigenvalue weighted by Gasteiger charge is -2.49. The number of likely N-dealkylation sites (tertiary alicyclic amines) is 1. The van der Waals surface area contributed by atoms with Gasteiger partial charge in [-0.25, -0.2) is 0 Å². The van der Waals surface area contributed by atoms with E-state index in [1.807, 2.05) is 0 Å². The first-order valence-corrected chi connectivity index (χ1v) is 9.91. The van der Waals surface area contributed by atoms with Crippen LogP contribution in [0.4, 0.5) is 0 Å². The third-order valence-corrected chi connectivity index (χ3v) is 7.32. The molecule has 2 N–H and O–H groups in total. The van der Waals surface area contributed by atoms with E-state index in [-0.39, 0.29) is 17.2 Å². The van der Waals surface area contributed by atoms with Crippen LogP contribution >= 0.6 is 11.8 Å². The molecule has 3 aliphatic rings. The molecule has 3 rings (SSSR count). The Kier molecular flexibility index (Phi) is 4.90. The van der Waals surface area contributed by atoms with Gasteiger partial charge in [-0.2, -0.15) is 11.8 Å². The zero-order valence-corrected chi connectivity index (χ0v) is 14.6. The maximum atomic E-state index is 6.80. The Bertz CT molecular complexity index is 349. The quantitative estimate of drug-likeness (QED) is 0.870. The second-order valence-electron chi connectivity index (χ2n) is 7.81. The maximum Gasteiger partial charge on any atom is 0.0783 e. The van der Waals surface area contributed by atoms with Crippen LogP contribution in [0.2, 0.25) is 0 Å².